The molecule has 0 aromatic carbocycles. The van der Waals surface area contributed by atoms with Crippen LogP contribution in [0.15, 0.2) is 0 Å². The molecule has 1 rings (SSSR count). The van der Waals surface area contributed by atoms with Gasteiger partial charge in [0.1, 0.15) is 0 Å². The minimum atomic E-state index is -4.57. The predicted octanol–water partition coefficient (Wildman–Crippen LogP) is 2.03. The summed E-state index contributed by atoms with van der Waals surface area (Å²) < 4.78 is 72.7. The molecular weight excluding hydrogens is 238 g/mol. The minimum Gasteiger partial charge on any atom is -0.303 e. The fourth-order valence-electron chi connectivity index (χ4n) is 1.79. The van der Waals surface area contributed by atoms with Crippen molar-refractivity contribution in [3.05, 3.63) is 0 Å². The largest absolute Gasteiger partial charge is 0.389 e. The molecule has 0 spiro atoms. The van der Waals surface area contributed by atoms with Gasteiger partial charge in [-0.25, -0.2) is 0 Å². The van der Waals surface area contributed by atoms with Crippen molar-refractivity contribution in [1.29, 1.82) is 0 Å². The lowest BCUT2D eigenvalue weighted by atomic mass is 9.92. The third kappa shape index (κ3) is 5.02. The van der Waals surface area contributed by atoms with E-state index in [0.29, 0.717) is 0 Å². The van der Waals surface area contributed by atoms with Crippen LogP contribution in [0.3, 0.4) is 0 Å². The van der Waals surface area contributed by atoms with E-state index in [4.69, 9.17) is 0 Å². The van der Waals surface area contributed by atoms with Gasteiger partial charge in [-0.3, -0.25) is 0 Å². The first kappa shape index (κ1) is 13.6. The lowest BCUT2D eigenvalue weighted by Gasteiger charge is -2.25. The van der Waals surface area contributed by atoms with Gasteiger partial charge >= 0.3 is 12.4 Å². The summed E-state index contributed by atoms with van der Waals surface area (Å²) in [6.07, 6.45) is -12.0. The zero-order chi connectivity index (χ0) is 12.4. The van der Waals surface area contributed by atoms with E-state index >= 15 is 0 Å². The summed E-state index contributed by atoms with van der Waals surface area (Å²) in [7, 11) is 0. The highest BCUT2D eigenvalue weighted by atomic mass is 19.4. The third-order valence-electron chi connectivity index (χ3n) is 2.41. The van der Waals surface area contributed by atoms with Crippen molar-refractivity contribution in [3.63, 3.8) is 0 Å². The van der Waals surface area contributed by atoms with Crippen LogP contribution in [0.25, 0.3) is 0 Å². The molecule has 0 radical (unpaired) electrons. The molecule has 0 bridgehead atoms. The lowest BCUT2D eigenvalue weighted by Crippen LogP contribution is -2.38. The molecule has 1 unspecified atom stereocenters. The van der Waals surface area contributed by atoms with Crippen LogP contribution in [0.2, 0.25) is 0 Å². The highest BCUT2D eigenvalue weighted by Crippen LogP contribution is 2.34. The van der Waals surface area contributed by atoms with E-state index in [-0.39, 0.29) is 13.2 Å². The van der Waals surface area contributed by atoms with Crippen molar-refractivity contribution in [2.45, 2.75) is 31.2 Å². The molecule has 2 N–H and O–H groups in total. The summed E-state index contributed by atoms with van der Waals surface area (Å²) in [5.74, 6) is -1.46. The Labute approximate surface area is 88.4 Å². The fourth-order valence-corrected chi connectivity index (χ4v) is 1.79. The monoisotopic (exact) mass is 250 g/mol. The van der Waals surface area contributed by atoms with Crippen molar-refractivity contribution in [3.8, 4) is 0 Å². The maximum Gasteiger partial charge on any atom is 0.389 e. The molecule has 2 nitrogen and oxygen atoms in total. The van der Waals surface area contributed by atoms with Crippen molar-refractivity contribution < 1.29 is 26.3 Å². The molecule has 1 aliphatic rings. The smallest absolute Gasteiger partial charge is 0.303 e. The van der Waals surface area contributed by atoms with Crippen LogP contribution in [-0.2, 0) is 0 Å². The molecular formula is C8H12F6N2. The summed E-state index contributed by atoms with van der Waals surface area (Å²) >= 11 is 0. The van der Waals surface area contributed by atoms with E-state index < -0.39 is 37.2 Å². The summed E-state index contributed by atoms with van der Waals surface area (Å²) in [5, 5.41) is 5.27. The number of nitrogens with one attached hydrogen (secondary N) is 2. The molecule has 0 amide bonds. The molecule has 0 aromatic rings. The zero-order valence-corrected chi connectivity index (χ0v) is 8.25. The Morgan fingerprint density at radius 1 is 1.00 bits per heavy atom. The van der Waals surface area contributed by atoms with Crippen molar-refractivity contribution in [2.75, 3.05) is 13.2 Å². The van der Waals surface area contributed by atoms with Gasteiger partial charge in [-0.2, -0.15) is 26.3 Å². The first-order valence-electron chi connectivity index (χ1n) is 4.75. The average molecular weight is 250 g/mol. The molecule has 8 heteroatoms. The van der Waals surface area contributed by atoms with Gasteiger partial charge < -0.3 is 10.6 Å². The molecule has 0 saturated carbocycles. The Morgan fingerprint density at radius 2 is 1.50 bits per heavy atom. The highest BCUT2D eigenvalue weighted by Gasteiger charge is 2.42. The first-order chi connectivity index (χ1) is 7.17. The Hall–Kier alpha value is -0.500. The summed E-state index contributed by atoms with van der Waals surface area (Å²) in [5.41, 5.74) is 0. The van der Waals surface area contributed by atoms with Crippen LogP contribution in [0.5, 0.6) is 0 Å². The average Bonchev–Trinajstić information content (AvgIpc) is 2.47. The number of rotatable bonds is 3. The maximum absolute atomic E-state index is 12.1. The molecule has 1 saturated heterocycles. The van der Waals surface area contributed by atoms with Crippen LogP contribution in [0.1, 0.15) is 12.8 Å². The van der Waals surface area contributed by atoms with Crippen molar-refractivity contribution in [2.24, 2.45) is 5.92 Å². The van der Waals surface area contributed by atoms with Crippen molar-refractivity contribution >= 4 is 0 Å². The van der Waals surface area contributed by atoms with E-state index in [0.717, 1.165) is 0 Å². The third-order valence-corrected chi connectivity index (χ3v) is 2.41. The van der Waals surface area contributed by atoms with Gasteiger partial charge in [-0.1, -0.05) is 0 Å². The zero-order valence-electron chi connectivity index (χ0n) is 8.25. The second-order valence-corrected chi connectivity index (χ2v) is 3.84. The Balaban J connectivity index is 2.61. The summed E-state index contributed by atoms with van der Waals surface area (Å²) in [6, 6.07) is -0.775. The number of hydrogen-bond donors (Lipinski definition) is 2. The van der Waals surface area contributed by atoms with Gasteiger partial charge in [-0.15, -0.1) is 0 Å². The molecule has 1 fully saturated rings. The van der Waals surface area contributed by atoms with E-state index in [1.807, 2.05) is 0 Å². The SMILES string of the molecule is FC(F)(F)CC(CC(F)(F)F)C1CNCN1. The molecule has 96 valence electrons. The molecule has 16 heavy (non-hydrogen) atoms. The molecule has 0 aromatic heterocycles. The molecule has 1 heterocycles. The topological polar surface area (TPSA) is 24.1 Å². The number of alkyl halides is 6. The summed E-state index contributed by atoms with van der Waals surface area (Å²) in [4.78, 5) is 0. The maximum atomic E-state index is 12.1. The Kier molecular flexibility index (Phi) is 4.06. The van der Waals surface area contributed by atoms with Crippen LogP contribution in [-0.4, -0.2) is 31.6 Å². The first-order valence-corrected chi connectivity index (χ1v) is 4.75. The van der Waals surface area contributed by atoms with E-state index in [1.165, 1.54) is 0 Å². The van der Waals surface area contributed by atoms with E-state index in [1.54, 1.807) is 0 Å². The Bertz CT molecular complexity index is 202. The van der Waals surface area contributed by atoms with Gasteiger partial charge in [0.05, 0.1) is 0 Å². The normalized spacial score (nSPS) is 23.1. The van der Waals surface area contributed by atoms with Crippen LogP contribution < -0.4 is 10.6 Å². The molecule has 1 atom stereocenters. The predicted molar refractivity (Wildman–Crippen MR) is 44.6 cm³/mol. The molecule has 1 aliphatic heterocycles. The quantitative estimate of drug-likeness (QED) is 0.749. The second-order valence-electron chi connectivity index (χ2n) is 3.84. The fraction of sp³-hybridized carbons (Fsp3) is 1.00. The Morgan fingerprint density at radius 3 is 1.81 bits per heavy atom. The minimum absolute atomic E-state index is 0.136. The van der Waals surface area contributed by atoms with Crippen LogP contribution in [0, 0.1) is 5.92 Å². The van der Waals surface area contributed by atoms with Gasteiger partial charge in [0.15, 0.2) is 0 Å². The highest BCUT2D eigenvalue weighted by molar-refractivity contribution is 4.85. The lowest BCUT2D eigenvalue weighted by molar-refractivity contribution is -0.175. The van der Waals surface area contributed by atoms with Gasteiger partial charge in [0, 0.05) is 32.1 Å². The van der Waals surface area contributed by atoms with Crippen molar-refractivity contribution in [1.82, 2.24) is 10.6 Å². The van der Waals surface area contributed by atoms with E-state index in [9.17, 15) is 26.3 Å². The van der Waals surface area contributed by atoms with Crippen LogP contribution in [0.4, 0.5) is 26.3 Å². The van der Waals surface area contributed by atoms with E-state index in [2.05, 4.69) is 10.6 Å². The standard InChI is InChI=1S/C8H12F6N2/c9-7(10,11)1-5(2-8(12,13)14)6-3-15-4-16-6/h5-6,15-16H,1-4H2. The number of hydrogen-bond acceptors (Lipinski definition) is 2. The van der Waals surface area contributed by atoms with Gasteiger partial charge in [0.2, 0.25) is 0 Å². The second kappa shape index (κ2) is 4.79. The van der Waals surface area contributed by atoms with Gasteiger partial charge in [0.25, 0.3) is 0 Å². The summed E-state index contributed by atoms with van der Waals surface area (Å²) in [6.45, 7) is 0.383. The molecule has 0 aliphatic carbocycles. The number of halogens is 6. The van der Waals surface area contributed by atoms with Crippen LogP contribution >= 0.6 is 0 Å². The van der Waals surface area contributed by atoms with Gasteiger partial charge in [-0.05, 0) is 5.92 Å².